The molecule has 0 aliphatic rings. The zero-order valence-corrected chi connectivity index (χ0v) is 11.1. The fourth-order valence-electron chi connectivity index (χ4n) is 0.956. The van der Waals surface area contributed by atoms with Crippen molar-refractivity contribution in [3.8, 4) is 0 Å². The molecule has 1 unspecified atom stereocenters. The first-order valence-electron chi connectivity index (χ1n) is 5.48. The molecule has 108 valence electrons. The van der Waals surface area contributed by atoms with Crippen molar-refractivity contribution in [2.75, 3.05) is 32.7 Å². The Hall–Kier alpha value is -0.500. The molecule has 0 heterocycles. The van der Waals surface area contributed by atoms with Gasteiger partial charge in [-0.1, -0.05) is 0 Å². The van der Waals surface area contributed by atoms with Crippen LogP contribution in [0, 0.1) is 0 Å². The summed E-state index contributed by atoms with van der Waals surface area (Å²) in [6.45, 7) is 2.12. The molecule has 0 bridgehead atoms. The van der Waals surface area contributed by atoms with E-state index in [4.69, 9.17) is 24.4 Å². The topological polar surface area (TPSA) is 125 Å². The number of carbonyl (C=O) groups is 1. The predicted octanol–water partition coefficient (Wildman–Crippen LogP) is -0.958. The quantitative estimate of drug-likeness (QED) is 0.230. The lowest BCUT2D eigenvalue weighted by atomic mass is 10.4. The van der Waals surface area contributed by atoms with Gasteiger partial charge in [0.2, 0.25) is 0 Å². The van der Waals surface area contributed by atoms with E-state index >= 15 is 0 Å². The van der Waals surface area contributed by atoms with Gasteiger partial charge in [-0.3, -0.25) is 14.7 Å². The molecular formula is C9H20NO7P. The van der Waals surface area contributed by atoms with Gasteiger partial charge in [0.05, 0.1) is 32.1 Å². The van der Waals surface area contributed by atoms with Gasteiger partial charge in [-0.05, 0) is 6.92 Å². The zero-order valence-electron chi connectivity index (χ0n) is 10.2. The summed E-state index contributed by atoms with van der Waals surface area (Å²) >= 11 is 0. The van der Waals surface area contributed by atoms with E-state index in [1.54, 1.807) is 6.92 Å². The summed E-state index contributed by atoms with van der Waals surface area (Å²) < 4.78 is 20.3. The van der Waals surface area contributed by atoms with E-state index in [-0.39, 0.29) is 19.8 Å². The van der Waals surface area contributed by atoms with Gasteiger partial charge in [0, 0.05) is 13.0 Å². The number of carbonyl (C=O) groups excluding carboxylic acids is 1. The van der Waals surface area contributed by atoms with Crippen LogP contribution >= 0.6 is 7.60 Å². The second-order valence-electron chi connectivity index (χ2n) is 3.75. The van der Waals surface area contributed by atoms with E-state index in [2.05, 4.69) is 5.32 Å². The minimum atomic E-state index is -4.13. The number of hydrogen-bond donors (Lipinski definition) is 4. The van der Waals surface area contributed by atoms with E-state index < -0.39 is 26.0 Å². The van der Waals surface area contributed by atoms with E-state index in [9.17, 15) is 9.36 Å². The van der Waals surface area contributed by atoms with Crippen molar-refractivity contribution in [3.63, 3.8) is 0 Å². The molecule has 0 aromatic heterocycles. The van der Waals surface area contributed by atoms with Crippen LogP contribution in [-0.4, -0.2) is 59.6 Å². The van der Waals surface area contributed by atoms with Crippen LogP contribution in [0.15, 0.2) is 0 Å². The summed E-state index contributed by atoms with van der Waals surface area (Å²) in [5.74, 6) is -0.584. The van der Waals surface area contributed by atoms with E-state index in [1.165, 1.54) is 0 Å². The smallest absolute Gasteiger partial charge is 0.339 e. The van der Waals surface area contributed by atoms with Gasteiger partial charge in [0.25, 0.3) is 0 Å². The van der Waals surface area contributed by atoms with Gasteiger partial charge in [-0.15, -0.1) is 0 Å². The molecule has 8 nitrogen and oxygen atoms in total. The van der Waals surface area contributed by atoms with Crippen LogP contribution in [0.5, 0.6) is 0 Å². The highest BCUT2D eigenvalue weighted by Gasteiger charge is 2.12. The molecule has 0 aromatic carbocycles. The maximum Gasteiger partial charge on any atom is 0.339 e. The summed E-state index contributed by atoms with van der Waals surface area (Å²) in [7, 11) is -4.13. The van der Waals surface area contributed by atoms with Crippen molar-refractivity contribution in [1.29, 1.82) is 0 Å². The van der Waals surface area contributed by atoms with Crippen LogP contribution in [0.1, 0.15) is 13.3 Å². The molecule has 0 saturated heterocycles. The third kappa shape index (κ3) is 13.6. The molecule has 4 N–H and O–H groups in total. The first kappa shape index (κ1) is 17.5. The molecule has 0 aliphatic heterocycles. The van der Waals surface area contributed by atoms with Crippen molar-refractivity contribution in [2.45, 2.75) is 19.4 Å². The number of aliphatic hydroxyl groups excluding tert-OH is 1. The first-order chi connectivity index (χ1) is 8.31. The second-order valence-corrected chi connectivity index (χ2v) is 5.39. The number of esters is 1. The van der Waals surface area contributed by atoms with Gasteiger partial charge in [-0.25, -0.2) is 0 Å². The van der Waals surface area contributed by atoms with E-state index in [1.807, 2.05) is 0 Å². The lowest BCUT2D eigenvalue weighted by Crippen LogP contribution is -2.26. The van der Waals surface area contributed by atoms with Gasteiger partial charge < -0.3 is 24.4 Å². The lowest BCUT2D eigenvalue weighted by molar-refractivity contribution is -0.142. The number of rotatable bonds is 10. The SMILES string of the molecule is CC(O)COCCCOC(=O)CNCP(=O)(O)O. The molecule has 0 saturated carbocycles. The van der Waals surface area contributed by atoms with Gasteiger partial charge in [0.1, 0.15) is 0 Å². The third-order valence-electron chi connectivity index (χ3n) is 1.64. The van der Waals surface area contributed by atoms with Gasteiger partial charge in [-0.2, -0.15) is 0 Å². The summed E-state index contributed by atoms with van der Waals surface area (Å²) in [5, 5.41) is 11.2. The molecule has 0 radical (unpaired) electrons. The summed E-state index contributed by atoms with van der Waals surface area (Å²) in [5.41, 5.74) is 0. The summed E-state index contributed by atoms with van der Waals surface area (Å²) in [6, 6.07) is 0. The highest BCUT2D eigenvalue weighted by atomic mass is 31.2. The maximum absolute atomic E-state index is 11.1. The van der Waals surface area contributed by atoms with Crippen molar-refractivity contribution < 1.29 is 33.7 Å². The Kier molecular flexibility index (Phi) is 9.17. The minimum Gasteiger partial charge on any atom is -0.465 e. The molecule has 0 aromatic rings. The van der Waals surface area contributed by atoms with Crippen LogP contribution in [0.25, 0.3) is 0 Å². The molecule has 0 fully saturated rings. The Bertz CT molecular complexity index is 278. The van der Waals surface area contributed by atoms with Crippen LogP contribution in [-0.2, 0) is 18.8 Å². The van der Waals surface area contributed by atoms with Crippen molar-refractivity contribution in [1.82, 2.24) is 5.32 Å². The van der Waals surface area contributed by atoms with Crippen molar-refractivity contribution in [3.05, 3.63) is 0 Å². The van der Waals surface area contributed by atoms with Crippen molar-refractivity contribution in [2.24, 2.45) is 0 Å². The molecule has 0 amide bonds. The highest BCUT2D eigenvalue weighted by molar-refractivity contribution is 7.51. The average molecular weight is 285 g/mol. The summed E-state index contributed by atoms with van der Waals surface area (Å²) in [4.78, 5) is 28.1. The normalized spacial score (nSPS) is 13.3. The molecule has 0 spiro atoms. The number of nitrogens with one attached hydrogen (secondary N) is 1. The Morgan fingerprint density at radius 2 is 2.06 bits per heavy atom. The largest absolute Gasteiger partial charge is 0.465 e. The van der Waals surface area contributed by atoms with Gasteiger partial charge in [0.15, 0.2) is 0 Å². The monoisotopic (exact) mass is 285 g/mol. The summed E-state index contributed by atoms with van der Waals surface area (Å²) in [6.07, 6.45) is -0.583. The highest BCUT2D eigenvalue weighted by Crippen LogP contribution is 2.31. The van der Waals surface area contributed by atoms with Crippen LogP contribution < -0.4 is 5.32 Å². The number of ether oxygens (including phenoxy) is 2. The Balaban J connectivity index is 3.35. The molecule has 0 aliphatic carbocycles. The molecule has 9 heteroatoms. The van der Waals surface area contributed by atoms with E-state index in [0.717, 1.165) is 0 Å². The molecule has 18 heavy (non-hydrogen) atoms. The number of aliphatic hydroxyl groups is 1. The van der Waals surface area contributed by atoms with E-state index in [0.29, 0.717) is 13.0 Å². The van der Waals surface area contributed by atoms with Crippen LogP contribution in [0.4, 0.5) is 0 Å². The molecule has 0 rings (SSSR count). The second kappa shape index (κ2) is 9.43. The Morgan fingerprint density at radius 3 is 2.61 bits per heavy atom. The maximum atomic E-state index is 11.1. The Morgan fingerprint density at radius 1 is 1.39 bits per heavy atom. The first-order valence-corrected chi connectivity index (χ1v) is 7.28. The lowest BCUT2D eigenvalue weighted by Gasteiger charge is -2.08. The predicted molar refractivity (Wildman–Crippen MR) is 63.0 cm³/mol. The van der Waals surface area contributed by atoms with Crippen LogP contribution in [0.2, 0.25) is 0 Å². The fraction of sp³-hybridized carbons (Fsp3) is 0.889. The molecular weight excluding hydrogens is 265 g/mol. The fourth-order valence-corrected chi connectivity index (χ4v) is 1.36. The average Bonchev–Trinajstić information content (AvgIpc) is 2.20. The zero-order chi connectivity index (χ0) is 14.0. The minimum absolute atomic E-state index is 0.163. The van der Waals surface area contributed by atoms with Crippen molar-refractivity contribution >= 4 is 13.6 Å². The van der Waals surface area contributed by atoms with Gasteiger partial charge >= 0.3 is 13.6 Å². The third-order valence-corrected chi connectivity index (χ3v) is 2.28. The number of hydrogen-bond acceptors (Lipinski definition) is 6. The Labute approximate surface area is 105 Å². The van der Waals surface area contributed by atoms with Crippen LogP contribution in [0.3, 0.4) is 0 Å². The molecule has 1 atom stereocenters. The standard InChI is InChI=1S/C9H20NO7P/c1-8(11)6-16-3-2-4-17-9(12)5-10-7-18(13,14)15/h8,10-11H,2-7H2,1H3,(H2,13,14,15).